The zero-order valence-corrected chi connectivity index (χ0v) is 12.3. The molecule has 0 aromatic carbocycles. The number of thiazole rings is 1. The van der Waals surface area contributed by atoms with Crippen LogP contribution in [0.3, 0.4) is 0 Å². The fourth-order valence-electron chi connectivity index (χ4n) is 1.75. The van der Waals surface area contributed by atoms with Gasteiger partial charge in [-0.3, -0.25) is 4.79 Å². The molecule has 2 N–H and O–H groups in total. The van der Waals surface area contributed by atoms with Gasteiger partial charge in [-0.1, -0.05) is 0 Å². The first-order valence-corrected chi connectivity index (χ1v) is 7.89. The molecule has 2 aromatic heterocycles. The second-order valence-electron chi connectivity index (χ2n) is 4.42. The molecule has 0 saturated carbocycles. The van der Waals surface area contributed by atoms with E-state index in [9.17, 15) is 4.79 Å². The molecule has 0 radical (unpaired) electrons. The van der Waals surface area contributed by atoms with E-state index in [4.69, 9.17) is 5.11 Å². The molecule has 2 heterocycles. The van der Waals surface area contributed by atoms with Crippen molar-refractivity contribution in [2.75, 3.05) is 5.32 Å². The number of nitrogens with zero attached hydrogens (tertiary/aromatic N) is 1. The topological polar surface area (TPSA) is 62.2 Å². The fourth-order valence-corrected chi connectivity index (χ4v) is 3.29. The minimum Gasteiger partial charge on any atom is -0.481 e. The van der Waals surface area contributed by atoms with Crippen LogP contribution in [0, 0.1) is 0 Å². The number of aliphatic carboxylic acids is 1. The lowest BCUT2D eigenvalue weighted by molar-refractivity contribution is -0.136. The number of anilines is 1. The van der Waals surface area contributed by atoms with Crippen LogP contribution in [0.15, 0.2) is 22.2 Å². The van der Waals surface area contributed by atoms with E-state index in [1.54, 1.807) is 11.3 Å². The van der Waals surface area contributed by atoms with Crippen LogP contribution in [0.25, 0.3) is 0 Å². The molecule has 0 aliphatic heterocycles. The lowest BCUT2D eigenvalue weighted by Crippen LogP contribution is -2.17. The first kappa shape index (κ1) is 14.0. The highest BCUT2D eigenvalue weighted by Gasteiger charge is 2.08. The smallest absolute Gasteiger partial charge is 0.303 e. The molecule has 2 aromatic rings. The van der Waals surface area contributed by atoms with Gasteiger partial charge in [0.05, 0.1) is 12.1 Å². The number of carboxylic acids is 1. The van der Waals surface area contributed by atoms with Gasteiger partial charge in [-0.25, -0.2) is 4.98 Å². The normalized spacial score (nSPS) is 12.3. The Balaban J connectivity index is 1.83. The van der Waals surface area contributed by atoms with Crippen molar-refractivity contribution in [3.05, 3.63) is 33.5 Å². The van der Waals surface area contributed by atoms with Gasteiger partial charge in [0, 0.05) is 17.8 Å². The number of aromatic nitrogens is 1. The predicted octanol–water partition coefficient (Wildman–Crippen LogP) is 3.26. The molecule has 1 unspecified atom stereocenters. The van der Waals surface area contributed by atoms with E-state index in [-0.39, 0.29) is 6.42 Å². The van der Waals surface area contributed by atoms with Crippen molar-refractivity contribution in [3.63, 3.8) is 0 Å². The first-order valence-electron chi connectivity index (χ1n) is 6.07. The summed E-state index contributed by atoms with van der Waals surface area (Å²) in [5.41, 5.74) is 2.17. The van der Waals surface area contributed by atoms with E-state index in [1.807, 2.05) is 5.38 Å². The van der Waals surface area contributed by atoms with Crippen molar-refractivity contribution in [2.24, 2.45) is 0 Å². The van der Waals surface area contributed by atoms with E-state index in [1.165, 1.54) is 16.9 Å². The van der Waals surface area contributed by atoms with Crippen LogP contribution in [0.4, 0.5) is 5.13 Å². The molecule has 6 heteroatoms. The molecule has 0 fully saturated rings. The van der Waals surface area contributed by atoms with Gasteiger partial charge in [-0.15, -0.1) is 11.3 Å². The number of carboxylic acid groups (broad SMARTS) is 1. The Kier molecular flexibility index (Phi) is 4.93. The third-order valence-corrected chi connectivity index (χ3v) is 4.19. The number of thiophene rings is 1. The van der Waals surface area contributed by atoms with Gasteiger partial charge in [0.15, 0.2) is 5.13 Å². The number of rotatable bonds is 7. The van der Waals surface area contributed by atoms with Gasteiger partial charge in [0.25, 0.3) is 0 Å². The lowest BCUT2D eigenvalue weighted by Gasteiger charge is -2.11. The average Bonchev–Trinajstić information content (AvgIpc) is 2.98. The van der Waals surface area contributed by atoms with Gasteiger partial charge in [-0.2, -0.15) is 11.3 Å². The Morgan fingerprint density at radius 2 is 2.37 bits per heavy atom. The van der Waals surface area contributed by atoms with Crippen molar-refractivity contribution in [3.8, 4) is 0 Å². The van der Waals surface area contributed by atoms with E-state index in [0.29, 0.717) is 12.5 Å². The molecule has 1 atom stereocenters. The third-order valence-electron chi connectivity index (χ3n) is 2.64. The minimum atomic E-state index is -0.784. The maximum Gasteiger partial charge on any atom is 0.303 e. The Morgan fingerprint density at radius 3 is 3.05 bits per heavy atom. The van der Waals surface area contributed by atoms with E-state index in [0.717, 1.165) is 17.2 Å². The highest BCUT2D eigenvalue weighted by atomic mass is 32.1. The number of nitrogens with one attached hydrogen (secondary N) is 1. The molecule has 0 aliphatic rings. The van der Waals surface area contributed by atoms with E-state index in [2.05, 4.69) is 34.1 Å². The second-order valence-corrected chi connectivity index (χ2v) is 6.06. The molecule has 102 valence electrons. The summed E-state index contributed by atoms with van der Waals surface area (Å²) in [6.45, 7) is 2.12. The summed E-state index contributed by atoms with van der Waals surface area (Å²) in [7, 11) is 0. The summed E-state index contributed by atoms with van der Waals surface area (Å²) in [4.78, 5) is 14.9. The molecular weight excluding hydrogens is 280 g/mol. The number of hydrogen-bond donors (Lipinski definition) is 2. The SMILES string of the molecule is CC(Cc1ccsc1)Nc1nc(CCC(=O)O)cs1. The zero-order chi connectivity index (χ0) is 13.7. The number of hydrogen-bond acceptors (Lipinski definition) is 5. The van der Waals surface area contributed by atoms with E-state index >= 15 is 0 Å². The summed E-state index contributed by atoms with van der Waals surface area (Å²) in [6.07, 6.45) is 1.59. The number of carbonyl (C=O) groups is 1. The zero-order valence-electron chi connectivity index (χ0n) is 10.6. The van der Waals surface area contributed by atoms with Crippen LogP contribution < -0.4 is 5.32 Å². The van der Waals surface area contributed by atoms with Gasteiger partial charge in [0.1, 0.15) is 0 Å². The van der Waals surface area contributed by atoms with Crippen LogP contribution in [-0.2, 0) is 17.6 Å². The van der Waals surface area contributed by atoms with Crippen molar-refractivity contribution in [1.82, 2.24) is 4.98 Å². The third kappa shape index (κ3) is 4.65. The molecular formula is C13H16N2O2S2. The highest BCUT2D eigenvalue weighted by Crippen LogP contribution is 2.19. The predicted molar refractivity (Wildman–Crippen MR) is 79.2 cm³/mol. The monoisotopic (exact) mass is 296 g/mol. The Hall–Kier alpha value is -1.40. The van der Waals surface area contributed by atoms with Crippen LogP contribution in [0.2, 0.25) is 0 Å². The first-order chi connectivity index (χ1) is 9.13. The second kappa shape index (κ2) is 6.68. The van der Waals surface area contributed by atoms with Crippen molar-refractivity contribution < 1.29 is 9.90 Å². The van der Waals surface area contributed by atoms with Gasteiger partial charge in [-0.05, 0) is 35.7 Å². The molecule has 0 spiro atoms. The minimum absolute atomic E-state index is 0.133. The largest absolute Gasteiger partial charge is 0.481 e. The molecule has 2 rings (SSSR count). The van der Waals surface area contributed by atoms with Crippen LogP contribution in [-0.4, -0.2) is 22.1 Å². The summed E-state index contributed by atoms with van der Waals surface area (Å²) >= 11 is 3.23. The van der Waals surface area contributed by atoms with Gasteiger partial charge >= 0.3 is 5.97 Å². The summed E-state index contributed by atoms with van der Waals surface area (Å²) < 4.78 is 0. The summed E-state index contributed by atoms with van der Waals surface area (Å²) in [5.74, 6) is -0.784. The standard InChI is InChI=1S/C13H16N2O2S2/c1-9(6-10-4-5-18-7-10)14-13-15-11(8-19-13)2-3-12(16)17/h4-5,7-9H,2-3,6H2,1H3,(H,14,15)(H,16,17). The van der Waals surface area contributed by atoms with Crippen LogP contribution in [0.1, 0.15) is 24.6 Å². The molecule has 19 heavy (non-hydrogen) atoms. The Labute approximate surface area is 120 Å². The molecule has 0 bridgehead atoms. The fraction of sp³-hybridized carbons (Fsp3) is 0.385. The maximum atomic E-state index is 10.5. The lowest BCUT2D eigenvalue weighted by atomic mass is 10.1. The molecule has 0 aliphatic carbocycles. The Morgan fingerprint density at radius 1 is 1.53 bits per heavy atom. The summed E-state index contributed by atoms with van der Waals surface area (Å²) in [5, 5.41) is 19.0. The molecule has 0 saturated heterocycles. The Bertz CT molecular complexity index is 522. The quantitative estimate of drug-likeness (QED) is 0.823. The van der Waals surface area contributed by atoms with Crippen molar-refractivity contribution >= 4 is 33.8 Å². The highest BCUT2D eigenvalue weighted by molar-refractivity contribution is 7.13. The van der Waals surface area contributed by atoms with Gasteiger partial charge in [0.2, 0.25) is 0 Å². The molecule has 4 nitrogen and oxygen atoms in total. The molecule has 0 amide bonds. The summed E-state index contributed by atoms with van der Waals surface area (Å²) in [6, 6.07) is 2.44. The van der Waals surface area contributed by atoms with Crippen molar-refractivity contribution in [2.45, 2.75) is 32.2 Å². The van der Waals surface area contributed by atoms with Gasteiger partial charge < -0.3 is 10.4 Å². The van der Waals surface area contributed by atoms with Crippen LogP contribution >= 0.6 is 22.7 Å². The van der Waals surface area contributed by atoms with E-state index < -0.39 is 5.97 Å². The average molecular weight is 296 g/mol. The maximum absolute atomic E-state index is 10.5. The number of aryl methyl sites for hydroxylation is 1. The van der Waals surface area contributed by atoms with Crippen LogP contribution in [0.5, 0.6) is 0 Å². The van der Waals surface area contributed by atoms with Crippen molar-refractivity contribution in [1.29, 1.82) is 0 Å².